The molecule has 3 aromatic rings. The van der Waals surface area contributed by atoms with Gasteiger partial charge in [0.15, 0.2) is 17.0 Å². The van der Waals surface area contributed by atoms with E-state index < -0.39 is 11.7 Å². The van der Waals surface area contributed by atoms with E-state index in [1.807, 2.05) is 0 Å². The number of hydrogen-bond donors (Lipinski definition) is 1. The summed E-state index contributed by atoms with van der Waals surface area (Å²) in [6.07, 6.45) is -3.80. The van der Waals surface area contributed by atoms with Crippen molar-refractivity contribution in [1.29, 1.82) is 0 Å². The maximum Gasteiger partial charge on any atom is 0.418 e. The second-order valence-corrected chi connectivity index (χ2v) is 6.80. The normalized spacial score (nSPS) is 11.5. The van der Waals surface area contributed by atoms with Crippen LogP contribution in [0.1, 0.15) is 20.1 Å². The third kappa shape index (κ3) is 4.51. The van der Waals surface area contributed by atoms with Crippen LogP contribution in [-0.4, -0.2) is 21.5 Å². The van der Waals surface area contributed by atoms with Gasteiger partial charge in [0.1, 0.15) is 0 Å². The molecule has 0 saturated heterocycles. The second kappa shape index (κ2) is 7.73. The van der Waals surface area contributed by atoms with Gasteiger partial charge in [0.25, 0.3) is 5.22 Å². The average molecular weight is 410 g/mol. The number of aromatic nitrogens is 2. The van der Waals surface area contributed by atoms with Gasteiger partial charge < -0.3 is 10.2 Å². The zero-order valence-electron chi connectivity index (χ0n) is 12.4. The molecule has 0 spiro atoms. The fourth-order valence-electron chi connectivity index (χ4n) is 1.85. The first-order chi connectivity index (χ1) is 11.4. The first kappa shape index (κ1) is 19.7. The minimum absolute atomic E-state index is 0. The number of Topliss-reactive ketones (excluding diaryl/α,β-unsaturated/α-hetero) is 1. The van der Waals surface area contributed by atoms with Crippen molar-refractivity contribution in [2.24, 2.45) is 5.73 Å². The van der Waals surface area contributed by atoms with E-state index in [9.17, 15) is 18.0 Å². The molecule has 3 heterocycles. The zero-order valence-corrected chi connectivity index (χ0v) is 14.8. The van der Waals surface area contributed by atoms with Crippen LogP contribution in [0.25, 0.3) is 11.2 Å². The van der Waals surface area contributed by atoms with Crippen LogP contribution in [0.4, 0.5) is 13.2 Å². The van der Waals surface area contributed by atoms with Gasteiger partial charge in [0.2, 0.25) is 0 Å². The number of pyridine rings is 1. The Morgan fingerprint density at radius 1 is 1.36 bits per heavy atom. The Labute approximate surface area is 154 Å². The summed E-state index contributed by atoms with van der Waals surface area (Å²) >= 11 is 2.32. The number of thiophene rings is 1. The topological polar surface area (TPSA) is 82.0 Å². The van der Waals surface area contributed by atoms with Crippen molar-refractivity contribution in [2.45, 2.75) is 17.9 Å². The molecule has 134 valence electrons. The van der Waals surface area contributed by atoms with Crippen molar-refractivity contribution in [1.82, 2.24) is 9.97 Å². The molecule has 0 radical (unpaired) electrons. The first-order valence-corrected chi connectivity index (χ1v) is 8.45. The Kier molecular flexibility index (Phi) is 6.09. The number of ketones is 1. The van der Waals surface area contributed by atoms with Crippen LogP contribution in [-0.2, 0) is 12.7 Å². The summed E-state index contributed by atoms with van der Waals surface area (Å²) in [5.74, 6) is -0.0698. The summed E-state index contributed by atoms with van der Waals surface area (Å²) in [4.78, 5) is 21.1. The van der Waals surface area contributed by atoms with Gasteiger partial charge in [0.05, 0.1) is 16.2 Å². The minimum atomic E-state index is -4.50. The highest BCUT2D eigenvalue weighted by Gasteiger charge is 2.31. The second-order valence-electron chi connectivity index (χ2n) is 4.71. The van der Waals surface area contributed by atoms with Crippen molar-refractivity contribution in [3.63, 3.8) is 0 Å². The van der Waals surface area contributed by atoms with Crippen molar-refractivity contribution in [3.05, 3.63) is 39.7 Å². The molecule has 0 saturated carbocycles. The van der Waals surface area contributed by atoms with Crippen molar-refractivity contribution < 1.29 is 22.4 Å². The van der Waals surface area contributed by atoms with Crippen LogP contribution >= 0.6 is 35.5 Å². The molecule has 25 heavy (non-hydrogen) atoms. The van der Waals surface area contributed by atoms with Gasteiger partial charge in [-0.05, 0) is 18.2 Å². The van der Waals surface area contributed by atoms with E-state index in [2.05, 4.69) is 9.97 Å². The maximum atomic E-state index is 12.6. The summed E-state index contributed by atoms with van der Waals surface area (Å²) < 4.78 is 43.1. The molecule has 0 aromatic carbocycles. The fraction of sp³-hybridized carbons (Fsp3) is 0.214. The third-order valence-corrected chi connectivity index (χ3v) is 5.00. The van der Waals surface area contributed by atoms with E-state index in [0.717, 1.165) is 22.7 Å². The molecule has 0 bridgehead atoms. The number of halogens is 4. The highest BCUT2D eigenvalue weighted by Crippen LogP contribution is 2.32. The number of fused-ring (bicyclic) bond motifs is 1. The van der Waals surface area contributed by atoms with E-state index in [1.165, 1.54) is 11.3 Å². The van der Waals surface area contributed by atoms with Gasteiger partial charge in [-0.25, -0.2) is 4.98 Å². The first-order valence-electron chi connectivity index (χ1n) is 6.65. The van der Waals surface area contributed by atoms with Gasteiger partial charge in [-0.3, -0.25) is 4.79 Å². The highest BCUT2D eigenvalue weighted by molar-refractivity contribution is 7.99. The standard InChI is InChI=1S/C14H10F3N3O2S2.ClH/c15-14(16,17)7-3-10-12(19-5-7)20-13(22-10)23-6-9(21)11-2-1-8(4-18)24-11;/h1-3,5H,4,6,18H2;1H. The molecular formula is C14H11ClF3N3O2S2. The van der Waals surface area contributed by atoms with Crippen LogP contribution in [0.5, 0.6) is 0 Å². The minimum Gasteiger partial charge on any atom is -0.430 e. The Balaban J connectivity index is 0.00000225. The number of carbonyl (C=O) groups excluding carboxylic acids is 1. The van der Waals surface area contributed by atoms with Crippen molar-refractivity contribution in [2.75, 3.05) is 5.75 Å². The number of oxazole rings is 1. The molecule has 0 fully saturated rings. The largest absolute Gasteiger partial charge is 0.430 e. The molecule has 0 aliphatic rings. The van der Waals surface area contributed by atoms with E-state index in [0.29, 0.717) is 17.6 Å². The quantitative estimate of drug-likeness (QED) is 0.503. The number of rotatable bonds is 5. The van der Waals surface area contributed by atoms with Crippen LogP contribution in [0.3, 0.4) is 0 Å². The lowest BCUT2D eigenvalue weighted by Gasteiger charge is -2.03. The Morgan fingerprint density at radius 2 is 2.12 bits per heavy atom. The number of carbonyl (C=O) groups is 1. The fourth-order valence-corrected chi connectivity index (χ4v) is 3.48. The SMILES string of the molecule is Cl.NCc1ccc(C(=O)CSc2nc3ncc(C(F)(F)F)cc3o2)s1. The molecule has 0 aliphatic heterocycles. The molecule has 11 heteroatoms. The molecule has 3 rings (SSSR count). The van der Waals surface area contributed by atoms with E-state index in [-0.39, 0.29) is 40.4 Å². The van der Waals surface area contributed by atoms with Gasteiger partial charge in [-0.1, -0.05) is 11.8 Å². The molecule has 0 unspecified atom stereocenters. The summed E-state index contributed by atoms with van der Waals surface area (Å²) in [5.41, 5.74) is 4.59. The number of hydrogen-bond acceptors (Lipinski definition) is 7. The molecule has 0 aliphatic carbocycles. The number of alkyl halides is 3. The smallest absolute Gasteiger partial charge is 0.418 e. The molecule has 0 atom stereocenters. The summed E-state index contributed by atoms with van der Waals surface area (Å²) in [6, 6.07) is 4.32. The lowest BCUT2D eigenvalue weighted by molar-refractivity contribution is -0.137. The van der Waals surface area contributed by atoms with Crippen molar-refractivity contribution >= 4 is 52.5 Å². The molecule has 2 N–H and O–H groups in total. The molecular weight excluding hydrogens is 399 g/mol. The van der Waals surface area contributed by atoms with Crippen LogP contribution in [0.15, 0.2) is 34.0 Å². The summed E-state index contributed by atoms with van der Waals surface area (Å²) in [5, 5.41) is 0.0979. The van der Waals surface area contributed by atoms with Crippen LogP contribution < -0.4 is 5.73 Å². The van der Waals surface area contributed by atoms with Gasteiger partial charge >= 0.3 is 6.18 Å². The summed E-state index contributed by atoms with van der Waals surface area (Å²) in [6.45, 7) is 0.365. The lowest BCUT2D eigenvalue weighted by Crippen LogP contribution is -2.04. The highest BCUT2D eigenvalue weighted by atomic mass is 35.5. The predicted molar refractivity (Wildman–Crippen MR) is 91.3 cm³/mol. The number of thioether (sulfide) groups is 1. The van der Waals surface area contributed by atoms with Crippen molar-refractivity contribution in [3.8, 4) is 0 Å². The number of nitrogens with zero attached hydrogens (tertiary/aromatic N) is 2. The Morgan fingerprint density at radius 3 is 2.76 bits per heavy atom. The molecule has 3 aromatic heterocycles. The zero-order chi connectivity index (χ0) is 17.3. The van der Waals surface area contributed by atoms with Crippen LogP contribution in [0, 0.1) is 0 Å². The Bertz CT molecular complexity index is 895. The van der Waals surface area contributed by atoms with E-state index in [1.54, 1.807) is 12.1 Å². The monoisotopic (exact) mass is 409 g/mol. The molecule has 0 amide bonds. The maximum absolute atomic E-state index is 12.6. The van der Waals surface area contributed by atoms with Gasteiger partial charge in [-0.2, -0.15) is 18.2 Å². The summed E-state index contributed by atoms with van der Waals surface area (Å²) in [7, 11) is 0. The molecule has 5 nitrogen and oxygen atoms in total. The average Bonchev–Trinajstić information content (AvgIpc) is 3.17. The van der Waals surface area contributed by atoms with Crippen LogP contribution in [0.2, 0.25) is 0 Å². The number of nitrogens with two attached hydrogens (primary N) is 1. The van der Waals surface area contributed by atoms with Gasteiger partial charge in [-0.15, -0.1) is 23.7 Å². The lowest BCUT2D eigenvalue weighted by atomic mass is 10.3. The third-order valence-electron chi connectivity index (χ3n) is 3.02. The van der Waals surface area contributed by atoms with Gasteiger partial charge in [0, 0.05) is 17.6 Å². The van der Waals surface area contributed by atoms with E-state index in [4.69, 9.17) is 10.2 Å². The predicted octanol–water partition coefficient (Wildman–Crippen LogP) is 4.16. The Hall–Kier alpha value is -1.62. The van der Waals surface area contributed by atoms with E-state index >= 15 is 0 Å².